The second-order valence-corrected chi connectivity index (χ2v) is 5.89. The number of hydrogen-bond donors (Lipinski definition) is 3. The largest absolute Gasteiger partial charge is 0.389 e. The quantitative estimate of drug-likeness (QED) is 0.800. The molecule has 1 fully saturated rings. The molecule has 0 bridgehead atoms. The molecule has 1 aliphatic rings. The Morgan fingerprint density at radius 1 is 1.23 bits per heavy atom. The summed E-state index contributed by atoms with van der Waals surface area (Å²) in [6.07, 6.45) is 4.00. The minimum atomic E-state index is -0.992. The first-order chi connectivity index (χ1) is 10.4. The van der Waals surface area contributed by atoms with Gasteiger partial charge in [0.25, 0.3) is 0 Å². The summed E-state index contributed by atoms with van der Waals surface area (Å²) in [6, 6.07) is 3.96. The van der Waals surface area contributed by atoms with Gasteiger partial charge in [0, 0.05) is 12.6 Å². The maximum absolute atomic E-state index is 13.8. The molecule has 0 atom stereocenters. The summed E-state index contributed by atoms with van der Waals surface area (Å²) in [4.78, 5) is 23.1. The van der Waals surface area contributed by atoms with E-state index in [9.17, 15) is 19.1 Å². The Morgan fingerprint density at radius 2 is 1.91 bits per heavy atom. The smallest absolute Gasteiger partial charge is 0.227 e. The number of rotatable bonds is 4. The molecule has 5 nitrogen and oxygen atoms in total. The SMILES string of the molecule is CC(=O)Nc1ccc(F)c(NC(=O)CC2(O)CCCCC2)c1. The van der Waals surface area contributed by atoms with Gasteiger partial charge in [-0.25, -0.2) is 4.39 Å². The molecule has 1 aromatic carbocycles. The summed E-state index contributed by atoms with van der Waals surface area (Å²) in [6.45, 7) is 1.35. The van der Waals surface area contributed by atoms with Crippen LogP contribution in [-0.4, -0.2) is 22.5 Å². The Morgan fingerprint density at radius 3 is 2.55 bits per heavy atom. The molecule has 0 saturated heterocycles. The highest BCUT2D eigenvalue weighted by atomic mass is 19.1. The number of anilines is 2. The van der Waals surface area contributed by atoms with E-state index in [-0.39, 0.29) is 18.0 Å². The van der Waals surface area contributed by atoms with Gasteiger partial charge in [-0.15, -0.1) is 0 Å². The van der Waals surface area contributed by atoms with E-state index in [1.54, 1.807) is 0 Å². The molecule has 0 radical (unpaired) electrons. The van der Waals surface area contributed by atoms with Crippen molar-refractivity contribution in [1.82, 2.24) is 0 Å². The molecule has 6 heteroatoms. The van der Waals surface area contributed by atoms with Gasteiger partial charge in [-0.1, -0.05) is 19.3 Å². The van der Waals surface area contributed by atoms with Crippen LogP contribution in [0.1, 0.15) is 45.4 Å². The maximum atomic E-state index is 13.8. The molecule has 1 saturated carbocycles. The van der Waals surface area contributed by atoms with Crippen molar-refractivity contribution in [1.29, 1.82) is 0 Å². The minimum Gasteiger partial charge on any atom is -0.389 e. The highest BCUT2D eigenvalue weighted by molar-refractivity contribution is 5.93. The number of carbonyl (C=O) groups excluding carboxylic acids is 2. The topological polar surface area (TPSA) is 78.4 Å². The molecule has 120 valence electrons. The van der Waals surface area contributed by atoms with E-state index in [0.29, 0.717) is 18.5 Å². The number of carbonyl (C=O) groups is 2. The van der Waals surface area contributed by atoms with Crippen molar-refractivity contribution in [2.45, 2.75) is 51.0 Å². The van der Waals surface area contributed by atoms with Crippen molar-refractivity contribution in [3.8, 4) is 0 Å². The number of hydrogen-bond acceptors (Lipinski definition) is 3. The Hall–Kier alpha value is -1.95. The molecule has 22 heavy (non-hydrogen) atoms. The first-order valence-electron chi connectivity index (χ1n) is 7.47. The van der Waals surface area contributed by atoms with Gasteiger partial charge in [-0.3, -0.25) is 9.59 Å². The van der Waals surface area contributed by atoms with Gasteiger partial charge in [-0.2, -0.15) is 0 Å². The van der Waals surface area contributed by atoms with Crippen molar-refractivity contribution in [3.63, 3.8) is 0 Å². The summed E-state index contributed by atoms with van der Waals surface area (Å²) in [5, 5.41) is 15.4. The van der Waals surface area contributed by atoms with Crippen LogP contribution in [0.2, 0.25) is 0 Å². The zero-order valence-corrected chi connectivity index (χ0v) is 12.6. The van der Waals surface area contributed by atoms with Gasteiger partial charge in [0.1, 0.15) is 5.82 Å². The Bertz CT molecular complexity index is 569. The molecule has 0 unspecified atom stereocenters. The molecule has 2 rings (SSSR count). The molecule has 2 amide bonds. The van der Waals surface area contributed by atoms with Crippen molar-refractivity contribution in [2.75, 3.05) is 10.6 Å². The average Bonchev–Trinajstić information content (AvgIpc) is 2.42. The van der Waals surface area contributed by atoms with Crippen molar-refractivity contribution in [3.05, 3.63) is 24.0 Å². The molecule has 0 aliphatic heterocycles. The lowest BCUT2D eigenvalue weighted by Crippen LogP contribution is -2.36. The fourth-order valence-corrected chi connectivity index (χ4v) is 2.78. The summed E-state index contributed by atoms with van der Waals surface area (Å²) < 4.78 is 13.8. The number of aliphatic hydroxyl groups is 1. The third-order valence-electron chi connectivity index (χ3n) is 3.83. The van der Waals surface area contributed by atoms with Crippen molar-refractivity contribution in [2.24, 2.45) is 0 Å². The molecular formula is C16H21FN2O3. The van der Waals surface area contributed by atoms with E-state index in [2.05, 4.69) is 10.6 Å². The number of nitrogens with one attached hydrogen (secondary N) is 2. The second-order valence-electron chi connectivity index (χ2n) is 5.89. The van der Waals surface area contributed by atoms with E-state index in [4.69, 9.17) is 0 Å². The standard InChI is InChI=1S/C16H21FN2O3/c1-11(20)18-12-5-6-13(17)14(9-12)19-15(21)10-16(22)7-3-2-4-8-16/h5-6,9,22H,2-4,7-8,10H2,1H3,(H,18,20)(H,19,21). The van der Waals surface area contributed by atoms with Crippen LogP contribution in [0.15, 0.2) is 18.2 Å². The van der Waals surface area contributed by atoms with Gasteiger partial charge in [0.2, 0.25) is 11.8 Å². The van der Waals surface area contributed by atoms with Crippen LogP contribution in [0.25, 0.3) is 0 Å². The Kier molecular flexibility index (Phi) is 5.13. The lowest BCUT2D eigenvalue weighted by molar-refractivity contribution is -0.122. The first kappa shape index (κ1) is 16.4. The highest BCUT2D eigenvalue weighted by Gasteiger charge is 2.31. The van der Waals surface area contributed by atoms with Gasteiger partial charge in [0.15, 0.2) is 0 Å². The number of halogens is 1. The lowest BCUT2D eigenvalue weighted by Gasteiger charge is -2.31. The van der Waals surface area contributed by atoms with Gasteiger partial charge >= 0.3 is 0 Å². The van der Waals surface area contributed by atoms with Gasteiger partial charge < -0.3 is 15.7 Å². The highest BCUT2D eigenvalue weighted by Crippen LogP contribution is 2.31. The number of amides is 2. The van der Waals surface area contributed by atoms with Crippen LogP contribution in [0, 0.1) is 5.82 Å². The van der Waals surface area contributed by atoms with E-state index >= 15 is 0 Å². The molecule has 1 aliphatic carbocycles. The predicted molar refractivity (Wildman–Crippen MR) is 82.0 cm³/mol. The zero-order valence-electron chi connectivity index (χ0n) is 12.6. The van der Waals surface area contributed by atoms with Crippen molar-refractivity contribution < 1.29 is 19.1 Å². The van der Waals surface area contributed by atoms with Crippen LogP contribution in [0.5, 0.6) is 0 Å². The molecule has 0 aromatic heterocycles. The van der Waals surface area contributed by atoms with Crippen LogP contribution >= 0.6 is 0 Å². The summed E-state index contributed by atoms with van der Waals surface area (Å²) in [5.41, 5.74) is -0.593. The summed E-state index contributed by atoms with van der Waals surface area (Å²) >= 11 is 0. The van der Waals surface area contributed by atoms with Gasteiger partial charge in [0.05, 0.1) is 17.7 Å². The normalized spacial score (nSPS) is 16.9. The van der Waals surface area contributed by atoms with E-state index in [0.717, 1.165) is 19.3 Å². The average molecular weight is 308 g/mol. The van der Waals surface area contributed by atoms with E-state index in [1.165, 1.54) is 25.1 Å². The lowest BCUT2D eigenvalue weighted by atomic mass is 9.82. The first-order valence-corrected chi connectivity index (χ1v) is 7.47. The third kappa shape index (κ3) is 4.53. The second kappa shape index (κ2) is 6.87. The van der Waals surface area contributed by atoms with Crippen LogP contribution in [0.4, 0.5) is 15.8 Å². The van der Waals surface area contributed by atoms with Crippen LogP contribution in [-0.2, 0) is 9.59 Å². The third-order valence-corrected chi connectivity index (χ3v) is 3.83. The monoisotopic (exact) mass is 308 g/mol. The Balaban J connectivity index is 2.02. The summed E-state index contributed by atoms with van der Waals surface area (Å²) in [7, 11) is 0. The molecule has 1 aromatic rings. The molecular weight excluding hydrogens is 287 g/mol. The zero-order chi connectivity index (χ0) is 16.2. The predicted octanol–water partition coefficient (Wildman–Crippen LogP) is 2.81. The fourth-order valence-electron chi connectivity index (χ4n) is 2.78. The van der Waals surface area contributed by atoms with Crippen LogP contribution < -0.4 is 10.6 Å². The Labute approximate surface area is 128 Å². The van der Waals surface area contributed by atoms with E-state index < -0.39 is 17.3 Å². The number of benzene rings is 1. The minimum absolute atomic E-state index is 0.00402. The molecule has 0 spiro atoms. The molecule has 3 N–H and O–H groups in total. The van der Waals surface area contributed by atoms with Crippen molar-refractivity contribution >= 4 is 23.2 Å². The molecule has 0 heterocycles. The fraction of sp³-hybridized carbons (Fsp3) is 0.500. The van der Waals surface area contributed by atoms with Gasteiger partial charge in [-0.05, 0) is 31.0 Å². The van der Waals surface area contributed by atoms with Crippen LogP contribution in [0.3, 0.4) is 0 Å². The van der Waals surface area contributed by atoms with E-state index in [1.807, 2.05) is 0 Å². The summed E-state index contributed by atoms with van der Waals surface area (Å²) in [5.74, 6) is -1.29. The maximum Gasteiger partial charge on any atom is 0.227 e.